The predicted octanol–water partition coefficient (Wildman–Crippen LogP) is 2.43. The molecule has 0 aliphatic heterocycles. The van der Waals surface area contributed by atoms with Gasteiger partial charge in [-0.2, -0.15) is 0 Å². The molecule has 3 N–H and O–H groups in total. The Morgan fingerprint density at radius 3 is 3.11 bits per heavy atom. The van der Waals surface area contributed by atoms with E-state index >= 15 is 0 Å². The summed E-state index contributed by atoms with van der Waals surface area (Å²) in [5.41, 5.74) is 6.67. The van der Waals surface area contributed by atoms with Crippen molar-refractivity contribution in [3.05, 3.63) is 42.2 Å². The van der Waals surface area contributed by atoms with E-state index in [-0.39, 0.29) is 0 Å². The van der Waals surface area contributed by atoms with Gasteiger partial charge in [-0.1, -0.05) is 23.9 Å². The number of nitrogens with zero attached hydrogens (tertiary/aromatic N) is 1. The number of imidazole rings is 1. The average Bonchev–Trinajstić information content (AvgIpc) is 2.92. The van der Waals surface area contributed by atoms with Crippen LogP contribution in [-0.2, 0) is 6.54 Å². The molecule has 0 aliphatic rings. The standard InChI is InChI=1S/C13H17N3OS/c14-10-11-3-1-4-12(9-11)17-7-2-8-18-13-15-5-6-16-13/h1,3-6,9H,2,7-8,10,14H2,(H,15,16). The van der Waals surface area contributed by atoms with Crippen molar-refractivity contribution in [2.45, 2.75) is 18.1 Å². The molecule has 0 atom stereocenters. The second kappa shape index (κ2) is 7.08. The Hall–Kier alpha value is -1.46. The molecule has 0 aliphatic carbocycles. The van der Waals surface area contributed by atoms with Gasteiger partial charge in [0.1, 0.15) is 5.75 Å². The Bertz CT molecular complexity index is 459. The van der Waals surface area contributed by atoms with Crippen LogP contribution in [0, 0.1) is 0 Å². The van der Waals surface area contributed by atoms with Crippen LogP contribution in [0.5, 0.6) is 5.75 Å². The highest BCUT2D eigenvalue weighted by Crippen LogP contribution is 2.15. The fourth-order valence-electron chi connectivity index (χ4n) is 1.51. The summed E-state index contributed by atoms with van der Waals surface area (Å²) in [6.45, 7) is 1.26. The molecule has 1 heterocycles. The van der Waals surface area contributed by atoms with E-state index in [1.54, 1.807) is 18.0 Å². The molecule has 2 aromatic rings. The number of rotatable bonds is 7. The zero-order valence-electron chi connectivity index (χ0n) is 10.1. The van der Waals surface area contributed by atoms with Gasteiger partial charge in [0, 0.05) is 24.7 Å². The molecule has 1 aromatic heterocycles. The second-order valence-electron chi connectivity index (χ2n) is 3.80. The van der Waals surface area contributed by atoms with Crippen LogP contribution in [-0.4, -0.2) is 22.3 Å². The molecule has 1 aromatic carbocycles. The van der Waals surface area contributed by atoms with Gasteiger partial charge in [0.15, 0.2) is 5.16 Å². The van der Waals surface area contributed by atoms with Gasteiger partial charge in [-0.3, -0.25) is 0 Å². The molecule has 0 fully saturated rings. The maximum atomic E-state index is 5.67. The van der Waals surface area contributed by atoms with E-state index in [1.807, 2.05) is 30.5 Å². The van der Waals surface area contributed by atoms with Crippen LogP contribution in [0.15, 0.2) is 41.8 Å². The summed E-state index contributed by atoms with van der Waals surface area (Å²) in [6.07, 6.45) is 4.58. The SMILES string of the molecule is NCc1cccc(OCCCSc2ncc[nH]2)c1. The lowest BCUT2D eigenvalue weighted by atomic mass is 10.2. The van der Waals surface area contributed by atoms with Crippen LogP contribution < -0.4 is 10.5 Å². The highest BCUT2D eigenvalue weighted by Gasteiger charge is 1.98. The van der Waals surface area contributed by atoms with Crippen molar-refractivity contribution < 1.29 is 4.74 Å². The van der Waals surface area contributed by atoms with E-state index in [0.717, 1.165) is 28.6 Å². The summed E-state index contributed by atoms with van der Waals surface area (Å²) in [6, 6.07) is 7.91. The monoisotopic (exact) mass is 263 g/mol. The number of nitrogens with two attached hydrogens (primary N) is 1. The van der Waals surface area contributed by atoms with Crippen LogP contribution in [0.2, 0.25) is 0 Å². The molecule has 96 valence electrons. The van der Waals surface area contributed by atoms with Gasteiger partial charge in [0.2, 0.25) is 0 Å². The minimum absolute atomic E-state index is 0.547. The lowest BCUT2D eigenvalue weighted by Gasteiger charge is -2.06. The lowest BCUT2D eigenvalue weighted by molar-refractivity contribution is 0.318. The van der Waals surface area contributed by atoms with Crippen molar-refractivity contribution in [1.82, 2.24) is 9.97 Å². The van der Waals surface area contributed by atoms with Crippen LogP contribution >= 0.6 is 11.8 Å². The van der Waals surface area contributed by atoms with E-state index in [0.29, 0.717) is 13.2 Å². The molecule has 0 spiro atoms. The number of nitrogens with one attached hydrogen (secondary N) is 1. The van der Waals surface area contributed by atoms with Crippen LogP contribution in [0.25, 0.3) is 0 Å². The van der Waals surface area contributed by atoms with Crippen molar-refractivity contribution >= 4 is 11.8 Å². The zero-order chi connectivity index (χ0) is 12.6. The predicted molar refractivity (Wildman–Crippen MR) is 73.8 cm³/mol. The van der Waals surface area contributed by atoms with Gasteiger partial charge in [0.05, 0.1) is 6.61 Å². The van der Waals surface area contributed by atoms with E-state index in [4.69, 9.17) is 10.5 Å². The van der Waals surface area contributed by atoms with Gasteiger partial charge in [0.25, 0.3) is 0 Å². The topological polar surface area (TPSA) is 63.9 Å². The minimum atomic E-state index is 0.547. The Balaban J connectivity index is 1.65. The van der Waals surface area contributed by atoms with Gasteiger partial charge in [-0.15, -0.1) is 0 Å². The van der Waals surface area contributed by atoms with Crippen molar-refractivity contribution in [2.24, 2.45) is 5.73 Å². The first-order valence-corrected chi connectivity index (χ1v) is 6.91. The molecule has 5 heteroatoms. The van der Waals surface area contributed by atoms with Crippen molar-refractivity contribution in [3.63, 3.8) is 0 Å². The number of aromatic amines is 1. The Labute approximate surface area is 111 Å². The summed E-state index contributed by atoms with van der Waals surface area (Å²) in [5, 5.41) is 0.958. The lowest BCUT2D eigenvalue weighted by Crippen LogP contribution is -2.01. The number of benzene rings is 1. The molecule has 2 rings (SSSR count). The summed E-state index contributed by atoms with van der Waals surface area (Å²) in [4.78, 5) is 7.21. The van der Waals surface area contributed by atoms with Gasteiger partial charge in [-0.25, -0.2) is 4.98 Å². The van der Waals surface area contributed by atoms with Gasteiger partial charge in [-0.05, 0) is 24.1 Å². The van der Waals surface area contributed by atoms with E-state index in [1.165, 1.54) is 0 Å². The fourth-order valence-corrected chi connectivity index (χ4v) is 2.25. The average molecular weight is 263 g/mol. The third-order valence-corrected chi connectivity index (χ3v) is 3.39. The molecule has 0 unspecified atom stereocenters. The molecule has 4 nitrogen and oxygen atoms in total. The quantitative estimate of drug-likeness (QED) is 0.595. The van der Waals surface area contributed by atoms with E-state index < -0.39 is 0 Å². The summed E-state index contributed by atoms with van der Waals surface area (Å²) in [5.74, 6) is 1.88. The molecule has 0 saturated heterocycles. The van der Waals surface area contributed by atoms with Crippen molar-refractivity contribution in [3.8, 4) is 5.75 Å². The highest BCUT2D eigenvalue weighted by molar-refractivity contribution is 7.99. The van der Waals surface area contributed by atoms with E-state index in [2.05, 4.69) is 9.97 Å². The molecule has 0 radical (unpaired) electrons. The second-order valence-corrected chi connectivity index (χ2v) is 4.88. The first-order chi connectivity index (χ1) is 8.88. The fraction of sp³-hybridized carbons (Fsp3) is 0.308. The molecule has 0 bridgehead atoms. The molecular weight excluding hydrogens is 246 g/mol. The number of hydrogen-bond acceptors (Lipinski definition) is 4. The van der Waals surface area contributed by atoms with Crippen LogP contribution in [0.1, 0.15) is 12.0 Å². The van der Waals surface area contributed by atoms with Crippen LogP contribution in [0.3, 0.4) is 0 Å². The molecule has 0 amide bonds. The Morgan fingerprint density at radius 1 is 1.39 bits per heavy atom. The summed E-state index contributed by atoms with van der Waals surface area (Å²) >= 11 is 1.70. The molecule has 0 saturated carbocycles. The summed E-state index contributed by atoms with van der Waals surface area (Å²) in [7, 11) is 0. The smallest absolute Gasteiger partial charge is 0.165 e. The number of ether oxygens (including phenoxy) is 1. The summed E-state index contributed by atoms with van der Waals surface area (Å²) < 4.78 is 5.67. The van der Waals surface area contributed by atoms with Crippen LogP contribution in [0.4, 0.5) is 0 Å². The first kappa shape index (κ1) is 13.0. The van der Waals surface area contributed by atoms with E-state index in [9.17, 15) is 0 Å². The molecular formula is C13H17N3OS. The first-order valence-electron chi connectivity index (χ1n) is 5.92. The Kier molecular flexibility index (Phi) is 5.11. The maximum Gasteiger partial charge on any atom is 0.165 e. The third-order valence-electron chi connectivity index (χ3n) is 2.40. The largest absolute Gasteiger partial charge is 0.494 e. The minimum Gasteiger partial charge on any atom is -0.494 e. The third kappa shape index (κ3) is 4.09. The number of H-pyrrole nitrogens is 1. The molecule has 18 heavy (non-hydrogen) atoms. The van der Waals surface area contributed by atoms with Gasteiger partial charge >= 0.3 is 0 Å². The highest BCUT2D eigenvalue weighted by atomic mass is 32.2. The van der Waals surface area contributed by atoms with Crippen molar-refractivity contribution in [1.29, 1.82) is 0 Å². The number of thioether (sulfide) groups is 1. The maximum absolute atomic E-state index is 5.67. The number of aromatic nitrogens is 2. The zero-order valence-corrected chi connectivity index (χ0v) is 11.0. The normalized spacial score (nSPS) is 10.5. The van der Waals surface area contributed by atoms with Gasteiger partial charge < -0.3 is 15.5 Å². The Morgan fingerprint density at radius 2 is 2.33 bits per heavy atom. The number of hydrogen-bond donors (Lipinski definition) is 2. The van der Waals surface area contributed by atoms with Crippen molar-refractivity contribution in [2.75, 3.05) is 12.4 Å².